The van der Waals surface area contributed by atoms with E-state index in [1.54, 1.807) is 4.90 Å². The molecule has 0 aliphatic rings. The first-order valence-corrected chi connectivity index (χ1v) is 9.92. The lowest BCUT2D eigenvalue weighted by Gasteiger charge is -2.22. The zero-order chi connectivity index (χ0) is 19.7. The molecule has 5 nitrogen and oxygen atoms in total. The quantitative estimate of drug-likeness (QED) is 0.520. The van der Waals surface area contributed by atoms with Gasteiger partial charge in [0.1, 0.15) is 5.56 Å². The number of rotatable bonds is 4. The van der Waals surface area contributed by atoms with Crippen molar-refractivity contribution in [2.45, 2.75) is 13.8 Å². The zero-order valence-electron chi connectivity index (χ0n) is 15.6. The van der Waals surface area contributed by atoms with Crippen molar-refractivity contribution < 1.29 is 4.79 Å². The number of aryl methyl sites for hydroxylation is 1. The number of hydrogen-bond donors (Lipinski definition) is 0. The molecule has 0 saturated heterocycles. The molecule has 2 heterocycles. The summed E-state index contributed by atoms with van der Waals surface area (Å²) in [6.45, 7) is 4.31. The summed E-state index contributed by atoms with van der Waals surface area (Å²) < 4.78 is 1.53. The van der Waals surface area contributed by atoms with Gasteiger partial charge in [-0.3, -0.25) is 14.0 Å². The van der Waals surface area contributed by atoms with Gasteiger partial charge in [0.2, 0.25) is 0 Å². The Morgan fingerprint density at radius 3 is 2.54 bits per heavy atom. The van der Waals surface area contributed by atoms with Crippen LogP contribution in [0, 0.1) is 6.92 Å². The minimum absolute atomic E-state index is 0.0678. The number of carbonyl (C=O) groups excluding carboxylic acids is 1. The predicted molar refractivity (Wildman–Crippen MR) is 113 cm³/mol. The molecule has 28 heavy (non-hydrogen) atoms. The number of nitrogens with zero attached hydrogens (tertiary/aromatic N) is 3. The molecule has 140 valence electrons. The van der Waals surface area contributed by atoms with Crippen molar-refractivity contribution in [3.8, 4) is 11.3 Å². The summed E-state index contributed by atoms with van der Waals surface area (Å²) in [6.07, 6.45) is 1.40. The summed E-state index contributed by atoms with van der Waals surface area (Å²) in [4.78, 5) is 33.0. The van der Waals surface area contributed by atoms with Gasteiger partial charge in [0.25, 0.3) is 11.5 Å². The maximum Gasteiger partial charge on any atom is 0.271 e. The number of fused-ring (bicyclic) bond motifs is 1. The molecule has 0 radical (unpaired) electrons. The Bertz CT molecular complexity index is 1210. The van der Waals surface area contributed by atoms with Crippen LogP contribution in [-0.2, 0) is 0 Å². The average Bonchev–Trinajstić information content (AvgIpc) is 3.16. The van der Waals surface area contributed by atoms with E-state index in [4.69, 9.17) is 0 Å². The average molecular weight is 389 g/mol. The van der Waals surface area contributed by atoms with Gasteiger partial charge in [-0.1, -0.05) is 48.5 Å². The van der Waals surface area contributed by atoms with Crippen molar-refractivity contribution in [1.29, 1.82) is 0 Å². The van der Waals surface area contributed by atoms with Crippen LogP contribution in [0.2, 0.25) is 0 Å². The van der Waals surface area contributed by atoms with Crippen LogP contribution in [0.4, 0.5) is 5.69 Å². The fourth-order valence-electron chi connectivity index (χ4n) is 3.28. The molecule has 0 fully saturated rings. The van der Waals surface area contributed by atoms with E-state index in [1.807, 2.05) is 73.8 Å². The van der Waals surface area contributed by atoms with Crippen LogP contribution in [0.25, 0.3) is 16.2 Å². The van der Waals surface area contributed by atoms with Crippen molar-refractivity contribution in [2.24, 2.45) is 0 Å². The molecule has 0 spiro atoms. The first kappa shape index (κ1) is 18.1. The molecular formula is C22H19N3O2S. The summed E-state index contributed by atoms with van der Waals surface area (Å²) in [5.41, 5.74) is 3.15. The van der Waals surface area contributed by atoms with Crippen LogP contribution < -0.4 is 10.5 Å². The number of hydrogen-bond acceptors (Lipinski definition) is 4. The fraction of sp³-hybridized carbons (Fsp3) is 0.136. The van der Waals surface area contributed by atoms with E-state index in [2.05, 4.69) is 4.98 Å². The number of para-hydroxylation sites is 1. The van der Waals surface area contributed by atoms with Crippen LogP contribution >= 0.6 is 11.3 Å². The number of aromatic nitrogens is 2. The Labute approximate surface area is 166 Å². The predicted octanol–water partition coefficient (Wildman–Crippen LogP) is 4.40. The molecule has 0 aliphatic heterocycles. The molecular weight excluding hydrogens is 370 g/mol. The van der Waals surface area contributed by atoms with E-state index in [-0.39, 0.29) is 17.0 Å². The number of benzene rings is 2. The van der Waals surface area contributed by atoms with E-state index in [9.17, 15) is 9.59 Å². The number of thiazole rings is 1. The van der Waals surface area contributed by atoms with Gasteiger partial charge in [-0.2, -0.15) is 0 Å². The van der Waals surface area contributed by atoms with Gasteiger partial charge in [-0.15, -0.1) is 11.3 Å². The van der Waals surface area contributed by atoms with Crippen molar-refractivity contribution in [3.63, 3.8) is 0 Å². The molecule has 0 saturated carbocycles. The van der Waals surface area contributed by atoms with Gasteiger partial charge < -0.3 is 4.90 Å². The van der Waals surface area contributed by atoms with E-state index >= 15 is 0 Å². The standard InChI is InChI=1S/C22H19N3O2S/c1-3-24(18-12-8-7-9-15(18)2)20(26)17-13-23-22-25(21(17)27)19(14-28-22)16-10-5-4-6-11-16/h4-14H,3H2,1-2H3. The zero-order valence-corrected chi connectivity index (χ0v) is 16.4. The second-order valence-electron chi connectivity index (χ2n) is 6.42. The normalized spacial score (nSPS) is 10.9. The smallest absolute Gasteiger partial charge is 0.271 e. The van der Waals surface area contributed by atoms with Gasteiger partial charge in [-0.25, -0.2) is 4.98 Å². The van der Waals surface area contributed by atoms with E-state index in [0.29, 0.717) is 11.5 Å². The second-order valence-corrected chi connectivity index (χ2v) is 7.25. The Morgan fingerprint density at radius 2 is 1.82 bits per heavy atom. The first-order valence-electron chi connectivity index (χ1n) is 9.04. The Balaban J connectivity index is 1.85. The minimum atomic E-state index is -0.345. The highest BCUT2D eigenvalue weighted by atomic mass is 32.1. The molecule has 0 atom stereocenters. The van der Waals surface area contributed by atoms with Crippen molar-refractivity contribution >= 4 is 27.9 Å². The summed E-state index contributed by atoms with van der Waals surface area (Å²) >= 11 is 1.38. The topological polar surface area (TPSA) is 54.7 Å². The van der Waals surface area contributed by atoms with E-state index < -0.39 is 0 Å². The second kappa shape index (κ2) is 7.40. The Morgan fingerprint density at radius 1 is 1.11 bits per heavy atom. The van der Waals surface area contributed by atoms with Crippen molar-refractivity contribution in [1.82, 2.24) is 9.38 Å². The van der Waals surface area contributed by atoms with Crippen LogP contribution in [0.3, 0.4) is 0 Å². The Kier molecular flexibility index (Phi) is 4.79. The van der Waals surface area contributed by atoms with Gasteiger partial charge in [0.05, 0.1) is 5.69 Å². The summed E-state index contributed by atoms with van der Waals surface area (Å²) in [6, 6.07) is 17.3. The summed E-state index contributed by atoms with van der Waals surface area (Å²) in [5, 5.41) is 1.90. The van der Waals surface area contributed by atoms with Crippen molar-refractivity contribution in [2.75, 3.05) is 11.4 Å². The molecule has 6 heteroatoms. The summed E-state index contributed by atoms with van der Waals surface area (Å²) in [7, 11) is 0. The highest BCUT2D eigenvalue weighted by Crippen LogP contribution is 2.25. The fourth-order valence-corrected chi connectivity index (χ4v) is 4.14. The van der Waals surface area contributed by atoms with E-state index in [1.165, 1.54) is 21.9 Å². The molecule has 4 aromatic rings. The number of anilines is 1. The maximum absolute atomic E-state index is 13.2. The third-order valence-corrected chi connectivity index (χ3v) is 5.55. The Hall–Kier alpha value is -3.25. The lowest BCUT2D eigenvalue weighted by molar-refractivity contribution is 0.0986. The molecule has 1 amide bonds. The number of carbonyl (C=O) groups is 1. The highest BCUT2D eigenvalue weighted by molar-refractivity contribution is 7.15. The molecule has 2 aromatic carbocycles. The van der Waals surface area contributed by atoms with Gasteiger partial charge >= 0.3 is 0 Å². The van der Waals surface area contributed by atoms with Crippen LogP contribution in [0.1, 0.15) is 22.8 Å². The van der Waals surface area contributed by atoms with E-state index in [0.717, 1.165) is 22.5 Å². The summed E-state index contributed by atoms with van der Waals surface area (Å²) in [5.74, 6) is -0.339. The highest BCUT2D eigenvalue weighted by Gasteiger charge is 2.23. The molecule has 4 rings (SSSR count). The molecule has 0 aliphatic carbocycles. The SMILES string of the molecule is CCN(C(=O)c1cnc2scc(-c3ccccc3)n2c1=O)c1ccccc1C. The van der Waals surface area contributed by atoms with Crippen LogP contribution in [0.15, 0.2) is 71.0 Å². The van der Waals surface area contributed by atoms with Crippen molar-refractivity contribution in [3.05, 3.63) is 87.7 Å². The third-order valence-electron chi connectivity index (χ3n) is 4.71. The van der Waals surface area contributed by atoms with Crippen LogP contribution in [0.5, 0.6) is 0 Å². The van der Waals surface area contributed by atoms with Gasteiger partial charge in [-0.05, 0) is 31.0 Å². The molecule has 2 aromatic heterocycles. The maximum atomic E-state index is 13.2. The van der Waals surface area contributed by atoms with Gasteiger partial charge in [0, 0.05) is 23.8 Å². The van der Waals surface area contributed by atoms with Crippen LogP contribution in [-0.4, -0.2) is 21.8 Å². The lowest BCUT2D eigenvalue weighted by Crippen LogP contribution is -2.36. The first-order chi connectivity index (χ1) is 13.6. The molecule has 0 unspecified atom stereocenters. The van der Waals surface area contributed by atoms with Gasteiger partial charge in [0.15, 0.2) is 4.96 Å². The molecule has 0 N–H and O–H groups in total. The molecule has 0 bridgehead atoms. The third kappa shape index (κ3) is 3.01. The largest absolute Gasteiger partial charge is 0.308 e. The minimum Gasteiger partial charge on any atom is -0.308 e. The monoisotopic (exact) mass is 389 g/mol. The lowest BCUT2D eigenvalue weighted by atomic mass is 10.1. The number of amides is 1.